The third-order valence-electron chi connectivity index (χ3n) is 2.84. The zero-order valence-corrected chi connectivity index (χ0v) is 13.2. The topological polar surface area (TPSA) is 79.3 Å². The molecule has 112 valence electrons. The minimum atomic E-state index is -0.805. The van der Waals surface area contributed by atoms with Crippen molar-refractivity contribution in [3.63, 3.8) is 0 Å². The second-order valence-corrected chi connectivity index (χ2v) is 6.46. The van der Waals surface area contributed by atoms with E-state index in [1.165, 1.54) is 11.3 Å². The summed E-state index contributed by atoms with van der Waals surface area (Å²) >= 11 is 2.98. The first-order valence-corrected chi connectivity index (χ1v) is 8.29. The van der Waals surface area contributed by atoms with E-state index in [2.05, 4.69) is 10.3 Å². The number of hydrogen-bond donors (Lipinski definition) is 2. The number of aromatic nitrogens is 1. The number of hydrogen-bond acceptors (Lipinski definition) is 5. The van der Waals surface area contributed by atoms with Crippen LogP contribution in [0.15, 0.2) is 17.5 Å². The van der Waals surface area contributed by atoms with E-state index < -0.39 is 5.97 Å². The highest BCUT2D eigenvalue weighted by molar-refractivity contribution is 7.22. The maximum absolute atomic E-state index is 12.1. The average Bonchev–Trinajstić information content (AvgIpc) is 3.06. The fourth-order valence-electron chi connectivity index (χ4n) is 1.80. The van der Waals surface area contributed by atoms with E-state index in [1.54, 1.807) is 11.3 Å². The zero-order chi connectivity index (χ0) is 15.2. The van der Waals surface area contributed by atoms with Crippen LogP contribution < -0.4 is 5.32 Å². The summed E-state index contributed by atoms with van der Waals surface area (Å²) in [5.41, 5.74) is 0.728. The summed E-state index contributed by atoms with van der Waals surface area (Å²) in [4.78, 5) is 28.6. The number of carboxylic acids is 1. The Hall–Kier alpha value is -1.73. The van der Waals surface area contributed by atoms with Crippen molar-refractivity contribution < 1.29 is 14.7 Å². The molecule has 0 aliphatic rings. The van der Waals surface area contributed by atoms with Crippen molar-refractivity contribution in [1.82, 2.24) is 10.3 Å². The Labute approximate surface area is 130 Å². The number of aryl methyl sites for hydroxylation is 1. The Kier molecular flexibility index (Phi) is 5.46. The third kappa shape index (κ3) is 4.37. The molecule has 2 aromatic heterocycles. The Morgan fingerprint density at radius 1 is 1.38 bits per heavy atom. The molecule has 1 amide bonds. The van der Waals surface area contributed by atoms with Gasteiger partial charge >= 0.3 is 5.97 Å². The van der Waals surface area contributed by atoms with Crippen molar-refractivity contribution in [3.05, 3.63) is 28.1 Å². The predicted octanol–water partition coefficient (Wildman–Crippen LogP) is 3.16. The molecule has 2 rings (SSSR count). The number of aliphatic carboxylic acids is 1. The average molecular weight is 324 g/mol. The van der Waals surface area contributed by atoms with Crippen LogP contribution >= 0.6 is 22.7 Å². The van der Waals surface area contributed by atoms with Gasteiger partial charge in [-0.05, 0) is 31.2 Å². The Bertz CT molecular complexity index is 620. The predicted molar refractivity (Wildman–Crippen MR) is 84.0 cm³/mol. The fourth-order valence-corrected chi connectivity index (χ4v) is 3.58. The van der Waals surface area contributed by atoms with E-state index in [-0.39, 0.29) is 12.3 Å². The van der Waals surface area contributed by atoms with Gasteiger partial charge in [0.2, 0.25) is 0 Å². The molecule has 0 aliphatic carbocycles. The van der Waals surface area contributed by atoms with Gasteiger partial charge in [0.1, 0.15) is 9.88 Å². The van der Waals surface area contributed by atoms with Crippen LogP contribution in [0.1, 0.15) is 34.6 Å². The van der Waals surface area contributed by atoms with E-state index in [0.717, 1.165) is 15.6 Å². The molecule has 2 aromatic rings. The van der Waals surface area contributed by atoms with Gasteiger partial charge in [-0.1, -0.05) is 6.07 Å². The summed E-state index contributed by atoms with van der Waals surface area (Å²) in [6, 6.07) is 3.94. The van der Waals surface area contributed by atoms with Crippen molar-refractivity contribution in [2.75, 3.05) is 6.54 Å². The lowest BCUT2D eigenvalue weighted by molar-refractivity contribution is -0.137. The summed E-state index contributed by atoms with van der Waals surface area (Å²) in [6.45, 7) is 2.31. The molecular formula is C14H16N2O3S2. The molecule has 0 radical (unpaired) electrons. The van der Waals surface area contributed by atoms with Gasteiger partial charge in [0.15, 0.2) is 0 Å². The fraction of sp³-hybridized carbons (Fsp3) is 0.357. The lowest BCUT2D eigenvalue weighted by Crippen LogP contribution is -2.24. The molecule has 0 aromatic carbocycles. The van der Waals surface area contributed by atoms with E-state index in [0.29, 0.717) is 24.3 Å². The van der Waals surface area contributed by atoms with Gasteiger partial charge in [-0.3, -0.25) is 9.59 Å². The standard InChI is InChI=1S/C14H16N2O3S2/c1-9-12(13(19)15-7-3-2-6-11(17)18)21-14(16-9)10-5-4-8-20-10/h4-5,8H,2-3,6-7H2,1H3,(H,15,19)(H,17,18). The van der Waals surface area contributed by atoms with E-state index in [4.69, 9.17) is 5.11 Å². The van der Waals surface area contributed by atoms with Crippen LogP contribution in [0.5, 0.6) is 0 Å². The first-order chi connectivity index (χ1) is 10.1. The molecule has 21 heavy (non-hydrogen) atoms. The maximum atomic E-state index is 12.1. The second-order valence-electron chi connectivity index (χ2n) is 4.52. The highest BCUT2D eigenvalue weighted by Crippen LogP contribution is 2.30. The molecule has 0 saturated carbocycles. The summed E-state index contributed by atoms with van der Waals surface area (Å²) in [7, 11) is 0. The third-order valence-corrected chi connectivity index (χ3v) is 5.03. The lowest BCUT2D eigenvalue weighted by Gasteiger charge is -2.02. The second kappa shape index (κ2) is 7.33. The molecule has 0 atom stereocenters. The zero-order valence-electron chi connectivity index (χ0n) is 11.6. The summed E-state index contributed by atoms with van der Waals surface area (Å²) in [5, 5.41) is 14.2. The smallest absolute Gasteiger partial charge is 0.303 e. The molecule has 0 unspecified atom stereocenters. The van der Waals surface area contributed by atoms with E-state index in [9.17, 15) is 9.59 Å². The van der Waals surface area contributed by atoms with Crippen molar-refractivity contribution in [3.8, 4) is 9.88 Å². The Morgan fingerprint density at radius 3 is 2.86 bits per heavy atom. The molecule has 0 saturated heterocycles. The van der Waals surface area contributed by atoms with Crippen LogP contribution in [0.3, 0.4) is 0 Å². The van der Waals surface area contributed by atoms with Crippen molar-refractivity contribution >= 4 is 34.6 Å². The van der Waals surface area contributed by atoms with Crippen LogP contribution in [0.25, 0.3) is 9.88 Å². The number of unbranched alkanes of at least 4 members (excludes halogenated alkanes) is 1. The van der Waals surface area contributed by atoms with Gasteiger partial charge in [0.05, 0.1) is 10.6 Å². The SMILES string of the molecule is Cc1nc(-c2cccs2)sc1C(=O)NCCCCC(=O)O. The number of nitrogens with one attached hydrogen (secondary N) is 1. The highest BCUT2D eigenvalue weighted by atomic mass is 32.1. The van der Waals surface area contributed by atoms with Crippen LogP contribution in [0, 0.1) is 6.92 Å². The minimum Gasteiger partial charge on any atom is -0.481 e. The summed E-state index contributed by atoms with van der Waals surface area (Å²) in [6.07, 6.45) is 1.36. The van der Waals surface area contributed by atoms with Crippen LogP contribution in [0.4, 0.5) is 0 Å². The number of rotatable bonds is 7. The number of carbonyl (C=O) groups is 2. The highest BCUT2D eigenvalue weighted by Gasteiger charge is 2.16. The quantitative estimate of drug-likeness (QED) is 0.767. The van der Waals surface area contributed by atoms with Gasteiger partial charge in [0, 0.05) is 13.0 Å². The first kappa shape index (κ1) is 15.7. The van der Waals surface area contributed by atoms with Gasteiger partial charge in [-0.2, -0.15) is 0 Å². The van der Waals surface area contributed by atoms with E-state index >= 15 is 0 Å². The molecule has 2 heterocycles. The lowest BCUT2D eigenvalue weighted by atomic mass is 10.2. The number of thiophene rings is 1. The number of carbonyl (C=O) groups excluding carboxylic acids is 1. The molecule has 0 fully saturated rings. The maximum Gasteiger partial charge on any atom is 0.303 e. The van der Waals surface area contributed by atoms with Crippen molar-refractivity contribution in [1.29, 1.82) is 0 Å². The van der Waals surface area contributed by atoms with Crippen LogP contribution in [-0.2, 0) is 4.79 Å². The summed E-state index contributed by atoms with van der Waals surface area (Å²) in [5.74, 6) is -0.941. The number of thiazole rings is 1. The van der Waals surface area contributed by atoms with E-state index in [1.807, 2.05) is 24.4 Å². The van der Waals surface area contributed by atoms with Crippen LogP contribution in [-0.4, -0.2) is 28.5 Å². The monoisotopic (exact) mass is 324 g/mol. The Morgan fingerprint density at radius 2 is 2.19 bits per heavy atom. The van der Waals surface area contributed by atoms with Crippen molar-refractivity contribution in [2.45, 2.75) is 26.2 Å². The normalized spacial score (nSPS) is 10.5. The minimum absolute atomic E-state index is 0.136. The Balaban J connectivity index is 1.89. The molecule has 7 heteroatoms. The number of carboxylic acid groups (broad SMARTS) is 1. The number of amides is 1. The molecule has 0 aliphatic heterocycles. The van der Waals surface area contributed by atoms with Gasteiger partial charge in [0.25, 0.3) is 5.91 Å². The molecule has 5 nitrogen and oxygen atoms in total. The molecule has 0 spiro atoms. The molecular weight excluding hydrogens is 308 g/mol. The summed E-state index contributed by atoms with van der Waals surface area (Å²) < 4.78 is 0. The van der Waals surface area contributed by atoms with Crippen molar-refractivity contribution in [2.24, 2.45) is 0 Å². The largest absolute Gasteiger partial charge is 0.481 e. The van der Waals surface area contributed by atoms with Gasteiger partial charge in [-0.25, -0.2) is 4.98 Å². The number of nitrogens with zero attached hydrogens (tertiary/aromatic N) is 1. The van der Waals surface area contributed by atoms with Gasteiger partial charge < -0.3 is 10.4 Å². The molecule has 2 N–H and O–H groups in total. The van der Waals surface area contributed by atoms with Crippen LogP contribution in [0.2, 0.25) is 0 Å². The first-order valence-electron chi connectivity index (χ1n) is 6.59. The molecule has 0 bridgehead atoms. The van der Waals surface area contributed by atoms with Gasteiger partial charge in [-0.15, -0.1) is 22.7 Å².